The number of nitrogens with zero attached hydrogens (tertiary/aromatic N) is 3. The second-order valence-corrected chi connectivity index (χ2v) is 10.1. The third kappa shape index (κ3) is 5.29. The van der Waals surface area contributed by atoms with Crippen molar-refractivity contribution in [3.8, 4) is 5.75 Å². The lowest BCUT2D eigenvalue weighted by atomic mass is 10.1. The van der Waals surface area contributed by atoms with E-state index in [0.717, 1.165) is 37.4 Å². The largest absolute Gasteiger partial charge is 0.496 e. The first-order chi connectivity index (χ1) is 16.5. The van der Waals surface area contributed by atoms with Crippen molar-refractivity contribution >= 4 is 28.1 Å². The number of rotatable bonds is 7. The predicted octanol–water partition coefficient (Wildman–Crippen LogP) is 3.96. The van der Waals surface area contributed by atoms with Gasteiger partial charge in [0.1, 0.15) is 5.75 Å². The number of carbonyl (C=O) groups excluding carboxylic acids is 1. The Kier molecular flexibility index (Phi) is 7.59. The van der Waals surface area contributed by atoms with Crippen molar-refractivity contribution in [2.45, 2.75) is 17.1 Å². The number of pyridine rings is 1. The van der Waals surface area contributed by atoms with Crippen LogP contribution in [0.25, 0.3) is 0 Å². The minimum absolute atomic E-state index is 0.297. The number of anilines is 2. The number of methoxy groups -OCH3 is 1. The Balaban J connectivity index is 1.50. The Morgan fingerprint density at radius 2 is 1.76 bits per heavy atom. The number of amides is 1. The minimum Gasteiger partial charge on any atom is -0.496 e. The lowest BCUT2D eigenvalue weighted by Crippen LogP contribution is -2.44. The zero-order chi connectivity index (χ0) is 24.1. The normalized spacial score (nSPS) is 16.0. The van der Waals surface area contributed by atoms with Crippen LogP contribution in [0.2, 0.25) is 0 Å². The van der Waals surface area contributed by atoms with Crippen LogP contribution in [-0.2, 0) is 10.8 Å². The molecule has 0 radical (unpaired) electrons. The minimum atomic E-state index is -1.48. The number of carbonyl (C=O) groups is 1. The molecule has 1 N–H and O–H groups in total. The van der Waals surface area contributed by atoms with Crippen LogP contribution in [-0.4, -0.2) is 60.3 Å². The van der Waals surface area contributed by atoms with Gasteiger partial charge in [-0.15, -0.1) is 0 Å². The highest BCUT2D eigenvalue weighted by molar-refractivity contribution is 7.85. The fourth-order valence-electron chi connectivity index (χ4n) is 4.05. The first-order valence-corrected chi connectivity index (χ1v) is 12.5. The Bertz CT molecular complexity index is 1160. The van der Waals surface area contributed by atoms with Crippen LogP contribution in [0.3, 0.4) is 0 Å². The van der Waals surface area contributed by atoms with E-state index in [2.05, 4.69) is 27.1 Å². The summed E-state index contributed by atoms with van der Waals surface area (Å²) in [5, 5.41) is 2.56. The van der Waals surface area contributed by atoms with Crippen LogP contribution in [0.15, 0.2) is 71.9 Å². The molecule has 7 nitrogen and oxygen atoms in total. The molecular weight excluding hydrogens is 448 g/mol. The quantitative estimate of drug-likeness (QED) is 0.554. The van der Waals surface area contributed by atoms with Crippen molar-refractivity contribution in [3.63, 3.8) is 0 Å². The van der Waals surface area contributed by atoms with E-state index in [-0.39, 0.29) is 11.2 Å². The number of para-hydroxylation sites is 1. The third-order valence-corrected chi connectivity index (χ3v) is 7.82. The van der Waals surface area contributed by atoms with Gasteiger partial charge in [0.05, 0.1) is 33.6 Å². The summed E-state index contributed by atoms with van der Waals surface area (Å²) in [6, 6.07) is 17.0. The van der Waals surface area contributed by atoms with Crippen LogP contribution in [0.1, 0.15) is 28.1 Å². The average molecular weight is 479 g/mol. The number of piperazine rings is 1. The molecule has 1 saturated heterocycles. The summed E-state index contributed by atoms with van der Waals surface area (Å²) in [7, 11) is 2.24. The summed E-state index contributed by atoms with van der Waals surface area (Å²) in [5.74, 6) is 0.333. The Labute approximate surface area is 203 Å². The molecule has 1 aliphatic rings. The molecule has 1 aromatic heterocycles. The van der Waals surface area contributed by atoms with Crippen molar-refractivity contribution in [2.75, 3.05) is 50.6 Å². The zero-order valence-electron chi connectivity index (χ0n) is 19.7. The van der Waals surface area contributed by atoms with E-state index >= 15 is 0 Å². The van der Waals surface area contributed by atoms with Crippen LogP contribution in [0.4, 0.5) is 11.4 Å². The SMILES string of the molecule is COc1ccccc1C(C)S(=O)c1ccncc1C(=O)Nc1ccc(N2CCN(C)CC2)cc1. The first-order valence-electron chi connectivity index (χ1n) is 11.3. The molecule has 2 atom stereocenters. The van der Waals surface area contributed by atoms with Gasteiger partial charge in [-0.05, 0) is 50.4 Å². The number of nitrogens with one attached hydrogen (secondary N) is 1. The van der Waals surface area contributed by atoms with Crippen LogP contribution in [0.5, 0.6) is 5.75 Å². The van der Waals surface area contributed by atoms with E-state index in [9.17, 15) is 9.00 Å². The highest BCUT2D eigenvalue weighted by Gasteiger charge is 2.24. The van der Waals surface area contributed by atoms with E-state index in [4.69, 9.17) is 4.74 Å². The smallest absolute Gasteiger partial charge is 0.258 e. The van der Waals surface area contributed by atoms with Crippen LogP contribution < -0.4 is 15.0 Å². The van der Waals surface area contributed by atoms with E-state index in [1.165, 1.54) is 6.20 Å². The van der Waals surface area contributed by atoms with Gasteiger partial charge >= 0.3 is 0 Å². The van der Waals surface area contributed by atoms with E-state index in [0.29, 0.717) is 21.9 Å². The summed E-state index contributed by atoms with van der Waals surface area (Å²) in [6.07, 6.45) is 3.03. The molecule has 0 saturated carbocycles. The van der Waals surface area contributed by atoms with Crippen molar-refractivity contribution in [2.24, 2.45) is 0 Å². The number of ether oxygens (including phenoxy) is 1. The third-order valence-electron chi connectivity index (χ3n) is 6.13. The molecule has 0 spiro atoms. The Morgan fingerprint density at radius 3 is 2.47 bits per heavy atom. The zero-order valence-corrected chi connectivity index (χ0v) is 20.5. The highest BCUT2D eigenvalue weighted by Crippen LogP contribution is 2.32. The highest BCUT2D eigenvalue weighted by atomic mass is 32.2. The Morgan fingerprint density at radius 1 is 1.06 bits per heavy atom. The topological polar surface area (TPSA) is 74.8 Å². The molecule has 2 unspecified atom stereocenters. The van der Waals surface area contributed by atoms with Gasteiger partial charge in [-0.25, -0.2) is 0 Å². The van der Waals surface area contributed by atoms with Crippen LogP contribution >= 0.6 is 0 Å². The summed E-state index contributed by atoms with van der Waals surface area (Å²) in [6.45, 7) is 5.90. The maximum absolute atomic E-state index is 13.5. The fraction of sp³-hybridized carbons (Fsp3) is 0.308. The molecule has 4 rings (SSSR count). The lowest BCUT2D eigenvalue weighted by Gasteiger charge is -2.34. The van der Waals surface area contributed by atoms with Crippen molar-refractivity contribution in [1.82, 2.24) is 9.88 Å². The maximum Gasteiger partial charge on any atom is 0.258 e. The summed E-state index contributed by atoms with van der Waals surface area (Å²) in [5.41, 5.74) is 2.94. The summed E-state index contributed by atoms with van der Waals surface area (Å²) >= 11 is 0. The molecule has 2 heterocycles. The van der Waals surface area contributed by atoms with Crippen molar-refractivity contribution in [1.29, 1.82) is 0 Å². The monoisotopic (exact) mass is 478 g/mol. The number of hydrogen-bond donors (Lipinski definition) is 1. The number of benzene rings is 2. The van der Waals surface area contributed by atoms with Gasteiger partial charge < -0.3 is 19.9 Å². The van der Waals surface area contributed by atoms with E-state index in [1.807, 2.05) is 55.5 Å². The summed E-state index contributed by atoms with van der Waals surface area (Å²) < 4.78 is 18.9. The molecule has 1 amide bonds. The molecule has 1 fully saturated rings. The predicted molar refractivity (Wildman–Crippen MR) is 136 cm³/mol. The Hall–Kier alpha value is -3.23. The molecule has 178 valence electrons. The van der Waals surface area contributed by atoms with Gasteiger partial charge in [0.15, 0.2) is 0 Å². The molecule has 0 bridgehead atoms. The molecular formula is C26H30N4O3S. The molecule has 2 aromatic carbocycles. The molecule has 3 aromatic rings. The van der Waals surface area contributed by atoms with Gasteiger partial charge in [-0.3, -0.25) is 14.0 Å². The second kappa shape index (κ2) is 10.8. The van der Waals surface area contributed by atoms with Gasteiger partial charge in [0, 0.05) is 55.5 Å². The van der Waals surface area contributed by atoms with Crippen LogP contribution in [0, 0.1) is 0 Å². The average Bonchev–Trinajstić information content (AvgIpc) is 2.88. The standard InChI is InChI=1S/C26H30N4O3S/c1-19(22-6-4-5-7-24(22)33-3)34(32)25-12-13-27-18-23(25)26(31)28-20-8-10-21(11-9-20)30-16-14-29(2)15-17-30/h4-13,18-19H,14-17H2,1-3H3,(H,28,31). The molecule has 8 heteroatoms. The van der Waals surface area contributed by atoms with Gasteiger partial charge in [-0.1, -0.05) is 18.2 Å². The summed E-state index contributed by atoms with van der Waals surface area (Å²) in [4.78, 5) is 22.3. The van der Waals surface area contributed by atoms with Crippen molar-refractivity contribution < 1.29 is 13.7 Å². The van der Waals surface area contributed by atoms with Gasteiger partial charge in [-0.2, -0.15) is 0 Å². The van der Waals surface area contributed by atoms with E-state index < -0.39 is 10.8 Å². The van der Waals surface area contributed by atoms with E-state index in [1.54, 1.807) is 19.4 Å². The molecule has 1 aliphatic heterocycles. The number of aromatic nitrogens is 1. The van der Waals surface area contributed by atoms with Gasteiger partial charge in [0.2, 0.25) is 0 Å². The van der Waals surface area contributed by atoms with Crippen molar-refractivity contribution in [3.05, 3.63) is 78.1 Å². The van der Waals surface area contributed by atoms with Gasteiger partial charge in [0.25, 0.3) is 5.91 Å². The second-order valence-electron chi connectivity index (χ2n) is 8.34. The molecule has 34 heavy (non-hydrogen) atoms. The fourth-order valence-corrected chi connectivity index (χ4v) is 5.42. The number of hydrogen-bond acceptors (Lipinski definition) is 6. The molecule has 0 aliphatic carbocycles. The lowest BCUT2D eigenvalue weighted by molar-refractivity contribution is 0.102. The first kappa shape index (κ1) is 23.9. The number of likely N-dealkylation sites (N-methyl/N-ethyl adjacent to an activating group) is 1. The maximum atomic E-state index is 13.5.